The molecule has 0 aliphatic rings. The zero-order valence-corrected chi connectivity index (χ0v) is 17.1. The first-order valence-electron chi connectivity index (χ1n) is 9.43. The highest BCUT2D eigenvalue weighted by molar-refractivity contribution is 6.33. The topological polar surface area (TPSA) is 37.2 Å². The summed E-state index contributed by atoms with van der Waals surface area (Å²) in [5, 5.41) is 17.4. The Labute approximate surface area is 174 Å². The number of aliphatic hydroxyl groups excluding tert-OH is 1. The molecule has 1 unspecified atom stereocenters. The molecule has 1 aromatic heterocycles. The Balaban J connectivity index is 1.59. The van der Waals surface area contributed by atoms with Gasteiger partial charge in [0.05, 0.1) is 12.6 Å². The Morgan fingerprint density at radius 2 is 1.46 bits per heavy atom. The molecule has 0 aliphatic heterocycles. The van der Waals surface area contributed by atoms with E-state index in [-0.39, 0.29) is 0 Å². The average Bonchev–Trinajstić information content (AvgIpc) is 2.99. The Bertz CT molecular complexity index is 1060. The molecule has 0 saturated carbocycles. The maximum atomic E-state index is 10.7. The molecule has 28 heavy (non-hydrogen) atoms. The third-order valence-corrected chi connectivity index (χ3v) is 5.56. The summed E-state index contributed by atoms with van der Waals surface area (Å²) in [6, 6.07) is 20.0. The lowest BCUT2D eigenvalue weighted by molar-refractivity contribution is 0.169. The number of aromatic nitrogens is 1. The van der Waals surface area contributed by atoms with Crippen LogP contribution in [0.3, 0.4) is 0 Å². The van der Waals surface area contributed by atoms with Crippen molar-refractivity contribution in [3.63, 3.8) is 0 Å². The summed E-state index contributed by atoms with van der Waals surface area (Å²) in [5.74, 6) is 0. The lowest BCUT2D eigenvalue weighted by Crippen LogP contribution is -2.24. The Morgan fingerprint density at radius 3 is 2.00 bits per heavy atom. The van der Waals surface area contributed by atoms with Crippen LogP contribution in [-0.4, -0.2) is 22.3 Å². The van der Waals surface area contributed by atoms with Gasteiger partial charge >= 0.3 is 0 Å². The third-order valence-electron chi connectivity index (χ3n) is 5.09. The molecule has 0 saturated heterocycles. The van der Waals surface area contributed by atoms with Gasteiger partial charge in [-0.05, 0) is 60.5 Å². The van der Waals surface area contributed by atoms with E-state index in [1.54, 1.807) is 0 Å². The van der Waals surface area contributed by atoms with Crippen LogP contribution in [0.4, 0.5) is 5.69 Å². The molecule has 0 amide bonds. The number of hydrogen-bond donors (Lipinski definition) is 2. The average molecular weight is 413 g/mol. The number of rotatable bonds is 6. The van der Waals surface area contributed by atoms with E-state index < -0.39 is 6.10 Å². The van der Waals surface area contributed by atoms with Crippen LogP contribution in [0.2, 0.25) is 10.0 Å². The zero-order chi connectivity index (χ0) is 19.7. The number of nitrogens with zero attached hydrogens (tertiary/aromatic N) is 1. The fourth-order valence-electron chi connectivity index (χ4n) is 3.61. The lowest BCUT2D eigenvalue weighted by Gasteiger charge is -2.16. The van der Waals surface area contributed by atoms with Gasteiger partial charge in [0.15, 0.2) is 0 Å². The first-order valence-corrected chi connectivity index (χ1v) is 10.2. The van der Waals surface area contributed by atoms with Crippen LogP contribution in [0.25, 0.3) is 21.8 Å². The second kappa shape index (κ2) is 8.04. The van der Waals surface area contributed by atoms with Crippen LogP contribution in [0.15, 0.2) is 60.7 Å². The molecule has 3 aromatic carbocycles. The molecule has 3 nitrogen and oxygen atoms in total. The molecule has 5 heteroatoms. The summed E-state index contributed by atoms with van der Waals surface area (Å²) in [6.45, 7) is 3.08. The summed E-state index contributed by atoms with van der Waals surface area (Å²) < 4.78 is 2.13. The molecule has 0 radical (unpaired) electrons. The molecule has 144 valence electrons. The molecule has 1 heterocycles. The maximum Gasteiger partial charge on any atom is 0.0891 e. The molecule has 1 atom stereocenters. The van der Waals surface area contributed by atoms with Crippen LogP contribution < -0.4 is 5.32 Å². The van der Waals surface area contributed by atoms with Gasteiger partial charge in [0, 0.05) is 44.1 Å². The van der Waals surface area contributed by atoms with E-state index in [1.165, 1.54) is 5.56 Å². The Morgan fingerprint density at radius 1 is 0.893 bits per heavy atom. The quantitative estimate of drug-likeness (QED) is 0.399. The predicted molar refractivity (Wildman–Crippen MR) is 120 cm³/mol. The number of halogens is 2. The van der Waals surface area contributed by atoms with Crippen molar-refractivity contribution in [3.05, 3.63) is 76.3 Å². The highest BCUT2D eigenvalue weighted by Gasteiger charge is 2.14. The number of anilines is 1. The first-order chi connectivity index (χ1) is 13.5. The molecular weight excluding hydrogens is 391 g/mol. The van der Waals surface area contributed by atoms with Crippen molar-refractivity contribution in [2.24, 2.45) is 0 Å². The number of aryl methyl sites for hydroxylation is 1. The molecule has 0 fully saturated rings. The van der Waals surface area contributed by atoms with Crippen molar-refractivity contribution < 1.29 is 5.11 Å². The minimum absolute atomic E-state index is 0.466. The lowest BCUT2D eigenvalue weighted by atomic mass is 10.1. The second-order valence-electron chi connectivity index (χ2n) is 7.02. The molecular formula is C23H22Cl2N2O. The van der Waals surface area contributed by atoms with Gasteiger partial charge in [-0.1, -0.05) is 42.3 Å². The van der Waals surface area contributed by atoms with Crippen LogP contribution >= 0.6 is 23.2 Å². The van der Waals surface area contributed by atoms with Crippen molar-refractivity contribution in [3.8, 4) is 0 Å². The van der Waals surface area contributed by atoms with E-state index in [0.29, 0.717) is 23.1 Å². The minimum Gasteiger partial charge on any atom is -0.389 e. The number of benzene rings is 3. The van der Waals surface area contributed by atoms with Crippen molar-refractivity contribution in [2.75, 3.05) is 11.9 Å². The summed E-state index contributed by atoms with van der Waals surface area (Å²) in [4.78, 5) is 0. The SMILES string of the molecule is CCc1ccc(NCC(O)Cn2c3ccc(Cl)cc3c3cc(Cl)ccc32)cc1. The Kier molecular flexibility index (Phi) is 5.49. The summed E-state index contributed by atoms with van der Waals surface area (Å²) in [6.07, 6.45) is 0.473. The van der Waals surface area contributed by atoms with Crippen molar-refractivity contribution in [1.82, 2.24) is 4.57 Å². The van der Waals surface area contributed by atoms with E-state index in [1.807, 2.05) is 36.4 Å². The van der Waals surface area contributed by atoms with Crippen LogP contribution in [0.5, 0.6) is 0 Å². The number of nitrogens with one attached hydrogen (secondary N) is 1. The third kappa shape index (κ3) is 3.83. The van der Waals surface area contributed by atoms with Gasteiger partial charge < -0.3 is 15.0 Å². The van der Waals surface area contributed by atoms with Gasteiger partial charge in [-0.2, -0.15) is 0 Å². The van der Waals surface area contributed by atoms with Gasteiger partial charge in [-0.15, -0.1) is 0 Å². The second-order valence-corrected chi connectivity index (χ2v) is 7.89. The molecule has 4 aromatic rings. The van der Waals surface area contributed by atoms with E-state index in [4.69, 9.17) is 23.2 Å². The fourth-order valence-corrected chi connectivity index (χ4v) is 3.96. The van der Waals surface area contributed by atoms with Crippen LogP contribution in [0, 0.1) is 0 Å². The summed E-state index contributed by atoms with van der Waals surface area (Å²) >= 11 is 12.4. The molecule has 0 spiro atoms. The smallest absolute Gasteiger partial charge is 0.0891 e. The normalized spacial score (nSPS) is 12.6. The summed E-state index contributed by atoms with van der Waals surface area (Å²) in [7, 11) is 0. The number of hydrogen-bond acceptors (Lipinski definition) is 2. The van der Waals surface area contributed by atoms with Gasteiger partial charge in [0.1, 0.15) is 0 Å². The van der Waals surface area contributed by atoms with Gasteiger partial charge in [0.25, 0.3) is 0 Å². The molecule has 0 bridgehead atoms. The molecule has 4 rings (SSSR count). The van der Waals surface area contributed by atoms with E-state index in [9.17, 15) is 5.11 Å². The monoisotopic (exact) mass is 412 g/mol. The van der Waals surface area contributed by atoms with E-state index in [0.717, 1.165) is 33.9 Å². The first kappa shape index (κ1) is 19.1. The van der Waals surface area contributed by atoms with Crippen LogP contribution in [-0.2, 0) is 13.0 Å². The summed E-state index contributed by atoms with van der Waals surface area (Å²) in [5.41, 5.74) is 4.38. The highest BCUT2D eigenvalue weighted by Crippen LogP contribution is 2.33. The van der Waals surface area contributed by atoms with Crippen molar-refractivity contribution in [1.29, 1.82) is 0 Å². The van der Waals surface area contributed by atoms with Gasteiger partial charge in [-0.25, -0.2) is 0 Å². The maximum absolute atomic E-state index is 10.7. The van der Waals surface area contributed by atoms with E-state index >= 15 is 0 Å². The van der Waals surface area contributed by atoms with Crippen LogP contribution in [0.1, 0.15) is 12.5 Å². The van der Waals surface area contributed by atoms with Crippen molar-refractivity contribution in [2.45, 2.75) is 26.0 Å². The minimum atomic E-state index is -0.545. The standard InChI is InChI=1S/C23H22Cl2N2O/c1-2-15-3-7-18(8-4-15)26-13-19(28)14-27-22-9-5-16(24)11-20(22)21-12-17(25)6-10-23(21)27/h3-12,19,26,28H,2,13-14H2,1H3. The number of fused-ring (bicyclic) bond motifs is 3. The molecule has 0 aliphatic carbocycles. The molecule has 2 N–H and O–H groups in total. The fraction of sp³-hybridized carbons (Fsp3) is 0.217. The van der Waals surface area contributed by atoms with E-state index in [2.05, 4.69) is 41.1 Å². The highest BCUT2D eigenvalue weighted by atomic mass is 35.5. The zero-order valence-electron chi connectivity index (χ0n) is 15.6. The van der Waals surface area contributed by atoms with Gasteiger partial charge in [0.2, 0.25) is 0 Å². The Hall–Kier alpha value is -2.20. The number of aliphatic hydroxyl groups is 1. The van der Waals surface area contributed by atoms with Crippen molar-refractivity contribution >= 4 is 50.7 Å². The van der Waals surface area contributed by atoms with Gasteiger partial charge in [-0.3, -0.25) is 0 Å². The largest absolute Gasteiger partial charge is 0.389 e. The predicted octanol–water partition coefficient (Wildman–Crippen LogP) is 6.14.